The lowest BCUT2D eigenvalue weighted by atomic mass is 9.67. The summed E-state index contributed by atoms with van der Waals surface area (Å²) in [6.07, 6.45) is 9.89. The van der Waals surface area contributed by atoms with Crippen LogP contribution >= 0.6 is 0 Å². The minimum atomic E-state index is -0.401. The highest BCUT2D eigenvalue weighted by molar-refractivity contribution is 5.87. The molecular formula is C51H41N. The summed E-state index contributed by atoms with van der Waals surface area (Å²) in [6, 6.07) is 62.8. The van der Waals surface area contributed by atoms with E-state index < -0.39 is 5.41 Å². The summed E-state index contributed by atoms with van der Waals surface area (Å²) in [5.41, 5.74) is 17.4. The van der Waals surface area contributed by atoms with Gasteiger partial charge in [0.2, 0.25) is 0 Å². The summed E-state index contributed by atoms with van der Waals surface area (Å²) in [4.78, 5) is 2.35. The second-order valence-corrected chi connectivity index (χ2v) is 14.2. The van der Waals surface area contributed by atoms with Crippen molar-refractivity contribution in [2.45, 2.75) is 31.6 Å². The maximum Gasteiger partial charge on any atom is 0.0713 e. The second kappa shape index (κ2) is 13.2. The first-order valence-electron chi connectivity index (χ1n) is 18.4. The van der Waals surface area contributed by atoms with Crippen LogP contribution in [0.3, 0.4) is 0 Å². The average Bonchev–Trinajstić information content (AvgIpc) is 3.51. The molecule has 7 aromatic rings. The molecule has 0 amide bonds. The Morgan fingerprint density at radius 2 is 1.02 bits per heavy atom. The second-order valence-electron chi connectivity index (χ2n) is 14.2. The molecule has 1 atom stereocenters. The van der Waals surface area contributed by atoms with Gasteiger partial charge in [0.05, 0.1) is 5.41 Å². The lowest BCUT2D eigenvalue weighted by Crippen LogP contribution is -2.28. The van der Waals surface area contributed by atoms with Crippen LogP contribution in [0.4, 0.5) is 17.1 Å². The van der Waals surface area contributed by atoms with E-state index in [1.165, 1.54) is 61.2 Å². The van der Waals surface area contributed by atoms with Gasteiger partial charge in [0.1, 0.15) is 0 Å². The van der Waals surface area contributed by atoms with Crippen LogP contribution in [0, 0.1) is 13.8 Å². The Kier molecular flexibility index (Phi) is 8.05. The highest BCUT2D eigenvalue weighted by Crippen LogP contribution is 2.56. The van der Waals surface area contributed by atoms with Gasteiger partial charge in [0, 0.05) is 23.0 Å². The number of para-hydroxylation sites is 1. The molecule has 1 nitrogen and oxygen atoms in total. The third kappa shape index (κ3) is 5.24. The number of fused-ring (bicyclic) bond motifs is 3. The first kappa shape index (κ1) is 31.8. The standard InChI is InChI=1S/C51H41N/c1-36-34-42(51(41-18-8-4-9-19-41)48-24-14-12-22-46(48)47-23-13-15-25-49(47)51)35-37(2)50(36)40-28-32-45(33-29-40)52(43-20-10-5-11-21-43)44-30-26-39(27-31-44)38-16-6-3-7-17-38/h3-16,18-35,38H,17H2,1-2H3. The van der Waals surface area contributed by atoms with Crippen LogP contribution in [-0.2, 0) is 5.41 Å². The molecule has 250 valence electrons. The smallest absolute Gasteiger partial charge is 0.0713 e. The Morgan fingerprint density at radius 1 is 0.500 bits per heavy atom. The average molecular weight is 668 g/mol. The van der Waals surface area contributed by atoms with E-state index in [0.717, 1.165) is 23.5 Å². The fourth-order valence-corrected chi connectivity index (χ4v) is 8.85. The van der Waals surface area contributed by atoms with E-state index in [0.29, 0.717) is 5.92 Å². The first-order valence-corrected chi connectivity index (χ1v) is 18.4. The number of aryl methyl sites for hydroxylation is 2. The van der Waals surface area contributed by atoms with E-state index >= 15 is 0 Å². The van der Waals surface area contributed by atoms with E-state index in [2.05, 4.69) is 213 Å². The van der Waals surface area contributed by atoms with Crippen LogP contribution in [0.2, 0.25) is 0 Å². The molecule has 0 saturated heterocycles. The van der Waals surface area contributed by atoms with E-state index in [9.17, 15) is 0 Å². The van der Waals surface area contributed by atoms with Gasteiger partial charge in [-0.1, -0.05) is 158 Å². The Hall–Kier alpha value is -6.18. The Labute approximate surface area is 307 Å². The van der Waals surface area contributed by atoms with Gasteiger partial charge >= 0.3 is 0 Å². The van der Waals surface area contributed by atoms with Crippen molar-refractivity contribution in [1.29, 1.82) is 0 Å². The summed E-state index contributed by atoms with van der Waals surface area (Å²) in [7, 11) is 0. The third-order valence-corrected chi connectivity index (χ3v) is 11.1. The molecule has 0 N–H and O–H groups in total. The van der Waals surface area contributed by atoms with Crippen LogP contribution in [0.5, 0.6) is 0 Å². The molecule has 0 aliphatic heterocycles. The van der Waals surface area contributed by atoms with E-state index in [-0.39, 0.29) is 0 Å². The molecule has 0 heterocycles. The van der Waals surface area contributed by atoms with Gasteiger partial charge in [-0.3, -0.25) is 0 Å². The fraction of sp³-hybridized carbons (Fsp3) is 0.0980. The molecule has 1 heteroatoms. The van der Waals surface area contributed by atoms with Crippen molar-refractivity contribution in [3.8, 4) is 22.3 Å². The van der Waals surface area contributed by atoms with Crippen molar-refractivity contribution in [3.05, 3.63) is 233 Å². The highest BCUT2D eigenvalue weighted by atomic mass is 15.1. The summed E-state index contributed by atoms with van der Waals surface area (Å²) in [6.45, 7) is 4.56. The number of allylic oxidation sites excluding steroid dienone is 4. The molecule has 0 fully saturated rings. The molecule has 2 aliphatic carbocycles. The lowest BCUT2D eigenvalue weighted by Gasteiger charge is -2.35. The van der Waals surface area contributed by atoms with Crippen LogP contribution < -0.4 is 4.90 Å². The maximum atomic E-state index is 2.44. The number of benzene rings is 7. The number of hydrogen-bond acceptors (Lipinski definition) is 1. The molecule has 1 unspecified atom stereocenters. The zero-order valence-corrected chi connectivity index (χ0v) is 29.7. The van der Waals surface area contributed by atoms with Crippen molar-refractivity contribution >= 4 is 17.1 Å². The minimum Gasteiger partial charge on any atom is -0.311 e. The zero-order valence-electron chi connectivity index (χ0n) is 29.7. The predicted molar refractivity (Wildman–Crippen MR) is 219 cm³/mol. The predicted octanol–water partition coefficient (Wildman–Crippen LogP) is 13.4. The number of anilines is 3. The molecule has 0 aromatic heterocycles. The zero-order chi connectivity index (χ0) is 35.1. The molecule has 0 radical (unpaired) electrons. The SMILES string of the molecule is Cc1cc(C2(c3ccccc3)c3ccccc3-c3ccccc32)cc(C)c1-c1ccc(N(c2ccccc2)c2ccc(C3C=CC=CC3)cc2)cc1. The largest absolute Gasteiger partial charge is 0.311 e. The molecule has 0 bridgehead atoms. The van der Waals surface area contributed by atoms with E-state index in [4.69, 9.17) is 0 Å². The molecule has 0 saturated carbocycles. The van der Waals surface area contributed by atoms with Crippen LogP contribution in [-0.4, -0.2) is 0 Å². The quantitative estimate of drug-likeness (QED) is 0.163. The van der Waals surface area contributed by atoms with Crippen LogP contribution in [0.25, 0.3) is 22.3 Å². The Bertz CT molecular complexity index is 2360. The van der Waals surface area contributed by atoms with Gasteiger partial charge in [0.15, 0.2) is 0 Å². The van der Waals surface area contributed by atoms with Gasteiger partial charge in [-0.2, -0.15) is 0 Å². The number of nitrogens with zero attached hydrogens (tertiary/aromatic N) is 1. The molecule has 0 spiro atoms. The molecular weight excluding hydrogens is 627 g/mol. The van der Waals surface area contributed by atoms with E-state index in [1.807, 2.05) is 0 Å². The topological polar surface area (TPSA) is 3.24 Å². The van der Waals surface area contributed by atoms with Gasteiger partial charge in [-0.25, -0.2) is 0 Å². The van der Waals surface area contributed by atoms with E-state index in [1.54, 1.807) is 0 Å². The van der Waals surface area contributed by atoms with Crippen molar-refractivity contribution in [1.82, 2.24) is 0 Å². The third-order valence-electron chi connectivity index (χ3n) is 11.1. The molecule has 9 rings (SSSR count). The van der Waals surface area contributed by atoms with Gasteiger partial charge in [-0.05, 0) is 118 Å². The van der Waals surface area contributed by atoms with Crippen LogP contribution in [0.1, 0.15) is 51.3 Å². The normalized spacial score (nSPS) is 15.2. The van der Waals surface area contributed by atoms with Gasteiger partial charge in [-0.15, -0.1) is 0 Å². The van der Waals surface area contributed by atoms with Crippen LogP contribution in [0.15, 0.2) is 194 Å². The highest BCUT2D eigenvalue weighted by Gasteiger charge is 2.46. The fourth-order valence-electron chi connectivity index (χ4n) is 8.85. The molecule has 52 heavy (non-hydrogen) atoms. The minimum absolute atomic E-state index is 0.401. The van der Waals surface area contributed by atoms with Crippen molar-refractivity contribution < 1.29 is 0 Å². The van der Waals surface area contributed by atoms with Crippen molar-refractivity contribution in [3.63, 3.8) is 0 Å². The lowest BCUT2D eigenvalue weighted by molar-refractivity contribution is 0.766. The maximum absolute atomic E-state index is 2.44. The first-order chi connectivity index (χ1) is 25.6. The summed E-state index contributed by atoms with van der Waals surface area (Å²) in [5, 5.41) is 0. The van der Waals surface area contributed by atoms with Gasteiger partial charge in [0.25, 0.3) is 0 Å². The summed E-state index contributed by atoms with van der Waals surface area (Å²) >= 11 is 0. The molecule has 7 aromatic carbocycles. The Balaban J connectivity index is 1.12. The summed E-state index contributed by atoms with van der Waals surface area (Å²) < 4.78 is 0. The molecule has 2 aliphatic rings. The van der Waals surface area contributed by atoms with Gasteiger partial charge < -0.3 is 4.90 Å². The van der Waals surface area contributed by atoms with Crippen molar-refractivity contribution in [2.75, 3.05) is 4.90 Å². The summed E-state index contributed by atoms with van der Waals surface area (Å²) in [5.74, 6) is 0.433. The number of rotatable bonds is 7. The monoisotopic (exact) mass is 667 g/mol. The Morgan fingerprint density at radius 3 is 1.60 bits per heavy atom. The van der Waals surface area contributed by atoms with Crippen molar-refractivity contribution in [2.24, 2.45) is 0 Å². The number of hydrogen-bond donors (Lipinski definition) is 0.